The third-order valence-electron chi connectivity index (χ3n) is 6.92. The lowest BCUT2D eigenvalue weighted by Crippen LogP contribution is -2.43. The molecule has 0 aliphatic carbocycles. The van der Waals surface area contributed by atoms with Crippen molar-refractivity contribution in [2.24, 2.45) is 7.05 Å². The molecule has 0 unspecified atom stereocenters. The molecule has 1 saturated heterocycles. The van der Waals surface area contributed by atoms with Gasteiger partial charge in [0.15, 0.2) is 6.61 Å². The highest BCUT2D eigenvalue weighted by Gasteiger charge is 2.30. The molecule has 12 heteroatoms. The van der Waals surface area contributed by atoms with E-state index in [1.165, 1.54) is 11.3 Å². The topological polar surface area (TPSA) is 81.5 Å². The summed E-state index contributed by atoms with van der Waals surface area (Å²) in [5.41, 5.74) is 2.38. The first kappa shape index (κ1) is 25.9. The second-order valence-electron chi connectivity index (χ2n) is 9.63. The highest BCUT2D eigenvalue weighted by Crippen LogP contribution is 2.30. The molecule has 0 spiro atoms. The molecular weight excluding hydrogens is 507 g/mol. The largest absolute Gasteiger partial charge is 0.460 e. The maximum atomic E-state index is 12.7. The van der Waals surface area contributed by atoms with Gasteiger partial charge in [-0.15, -0.1) is 0 Å². The van der Waals surface area contributed by atoms with Gasteiger partial charge in [-0.3, -0.25) is 9.48 Å². The number of alkyl halides is 3. The van der Waals surface area contributed by atoms with E-state index in [0.717, 1.165) is 66.8 Å². The molecule has 0 bridgehead atoms. The van der Waals surface area contributed by atoms with Crippen molar-refractivity contribution in [1.82, 2.24) is 25.0 Å². The van der Waals surface area contributed by atoms with Gasteiger partial charge in [-0.1, -0.05) is 17.4 Å². The van der Waals surface area contributed by atoms with Crippen molar-refractivity contribution in [2.45, 2.75) is 50.4 Å². The van der Waals surface area contributed by atoms with Crippen LogP contribution >= 0.6 is 11.3 Å². The summed E-state index contributed by atoms with van der Waals surface area (Å²) in [5.74, 6) is -0.104. The van der Waals surface area contributed by atoms with Crippen molar-refractivity contribution >= 4 is 28.1 Å². The van der Waals surface area contributed by atoms with Gasteiger partial charge >= 0.3 is 6.18 Å². The van der Waals surface area contributed by atoms with E-state index >= 15 is 0 Å². The average Bonchev–Trinajstić information content (AvgIpc) is 3.39. The van der Waals surface area contributed by atoms with Crippen LogP contribution in [0.4, 0.5) is 13.2 Å². The Hall–Kier alpha value is -2.70. The molecule has 0 saturated carbocycles. The zero-order valence-corrected chi connectivity index (χ0v) is 21.4. The van der Waals surface area contributed by atoms with Gasteiger partial charge in [-0.05, 0) is 37.8 Å². The fourth-order valence-electron chi connectivity index (χ4n) is 4.84. The lowest BCUT2D eigenvalue weighted by Gasteiger charge is -2.31. The van der Waals surface area contributed by atoms with E-state index in [0.29, 0.717) is 18.6 Å². The van der Waals surface area contributed by atoms with Gasteiger partial charge in [0.05, 0.1) is 36.2 Å². The molecule has 2 aromatic heterocycles. The third kappa shape index (κ3) is 6.60. The van der Waals surface area contributed by atoms with E-state index in [9.17, 15) is 18.0 Å². The number of benzene rings is 1. The second-order valence-corrected chi connectivity index (χ2v) is 10.7. The van der Waals surface area contributed by atoms with Crippen LogP contribution in [-0.2, 0) is 24.6 Å². The molecule has 2 aliphatic rings. The van der Waals surface area contributed by atoms with E-state index in [4.69, 9.17) is 9.47 Å². The molecule has 0 radical (unpaired) electrons. The van der Waals surface area contributed by atoms with Crippen LogP contribution in [0.2, 0.25) is 0 Å². The number of rotatable bonds is 7. The fraction of sp³-hybridized carbons (Fsp3) is 0.560. The number of ether oxygens (including phenoxy) is 2. The number of aromatic nitrogens is 3. The summed E-state index contributed by atoms with van der Waals surface area (Å²) in [7, 11) is 1.86. The summed E-state index contributed by atoms with van der Waals surface area (Å²) < 4.78 is 49.8. The molecular formula is C25H30F3N5O3S. The van der Waals surface area contributed by atoms with Gasteiger partial charge in [0, 0.05) is 48.9 Å². The maximum absolute atomic E-state index is 12.7. The number of amides is 1. The van der Waals surface area contributed by atoms with Gasteiger partial charge in [-0.2, -0.15) is 18.3 Å². The number of carbonyl (C=O) groups is 1. The summed E-state index contributed by atoms with van der Waals surface area (Å²) in [6.45, 7) is 1.71. The molecule has 4 heterocycles. The Morgan fingerprint density at radius 1 is 1.27 bits per heavy atom. The Morgan fingerprint density at radius 2 is 2.11 bits per heavy atom. The number of aryl methyl sites for hydroxylation is 1. The number of hydrogen-bond donors (Lipinski definition) is 1. The van der Waals surface area contributed by atoms with Gasteiger partial charge in [0.1, 0.15) is 0 Å². The van der Waals surface area contributed by atoms with Crippen LogP contribution in [0.3, 0.4) is 0 Å². The molecule has 5 rings (SSSR count). The van der Waals surface area contributed by atoms with E-state index in [1.807, 2.05) is 25.2 Å². The molecule has 37 heavy (non-hydrogen) atoms. The van der Waals surface area contributed by atoms with Crippen LogP contribution in [0.5, 0.6) is 5.19 Å². The second kappa shape index (κ2) is 11.0. The molecule has 2 atom stereocenters. The number of nitrogens with one attached hydrogen (secondary N) is 1. The van der Waals surface area contributed by atoms with Crippen LogP contribution < -0.4 is 10.1 Å². The standard InChI is InChI=1S/C25H30F3N5O3S/c1-32-21-12-16(2-3-17(21)13-29-32)23(34)30-18-4-5-19(35-14-18)6-9-33-10-7-20-22(8-11-33)37-24(31-20)36-15-25(26,27)28/h2-3,12-13,18-19H,4-11,14-15H2,1H3,(H,30,34)/t18-,19+/m0/s1. The molecule has 1 aromatic carbocycles. The monoisotopic (exact) mass is 537 g/mol. The van der Waals surface area contributed by atoms with Crippen molar-refractivity contribution < 1.29 is 27.4 Å². The zero-order valence-electron chi connectivity index (χ0n) is 20.6. The summed E-state index contributed by atoms with van der Waals surface area (Å²) >= 11 is 1.22. The number of carbonyl (C=O) groups excluding carboxylic acids is 1. The quantitative estimate of drug-likeness (QED) is 0.495. The van der Waals surface area contributed by atoms with Crippen LogP contribution in [0.1, 0.15) is 40.2 Å². The normalized spacial score (nSPS) is 21.0. The molecule has 1 amide bonds. The predicted octanol–water partition coefficient (Wildman–Crippen LogP) is 3.74. The van der Waals surface area contributed by atoms with E-state index in [1.54, 1.807) is 10.9 Å². The highest BCUT2D eigenvalue weighted by atomic mass is 32.1. The van der Waals surface area contributed by atoms with Crippen molar-refractivity contribution in [1.29, 1.82) is 0 Å². The zero-order chi connectivity index (χ0) is 26.0. The Kier molecular flexibility index (Phi) is 7.68. The van der Waals surface area contributed by atoms with Crippen LogP contribution in [0.25, 0.3) is 10.9 Å². The lowest BCUT2D eigenvalue weighted by molar-refractivity contribution is -0.153. The Balaban J connectivity index is 1.03. The number of hydrogen-bond acceptors (Lipinski definition) is 7. The fourth-order valence-corrected chi connectivity index (χ4v) is 5.79. The summed E-state index contributed by atoms with van der Waals surface area (Å²) in [6.07, 6.45) is 1.68. The molecule has 2 aliphatic heterocycles. The van der Waals surface area contributed by atoms with Gasteiger partial charge in [0.25, 0.3) is 11.1 Å². The van der Waals surface area contributed by atoms with Crippen molar-refractivity contribution in [2.75, 3.05) is 32.8 Å². The van der Waals surface area contributed by atoms with Crippen LogP contribution in [-0.4, -0.2) is 76.7 Å². The first-order chi connectivity index (χ1) is 17.7. The minimum Gasteiger partial charge on any atom is -0.460 e. The summed E-state index contributed by atoms with van der Waals surface area (Å²) in [6, 6.07) is 5.57. The van der Waals surface area contributed by atoms with E-state index in [2.05, 4.69) is 20.3 Å². The minimum absolute atomic E-state index is 0.0139. The first-order valence-electron chi connectivity index (χ1n) is 12.5. The van der Waals surface area contributed by atoms with Crippen LogP contribution in [0.15, 0.2) is 24.4 Å². The van der Waals surface area contributed by atoms with Crippen molar-refractivity contribution in [3.05, 3.63) is 40.5 Å². The molecule has 1 N–H and O–H groups in total. The smallest absolute Gasteiger partial charge is 0.422 e. The van der Waals surface area contributed by atoms with E-state index in [-0.39, 0.29) is 23.2 Å². The maximum Gasteiger partial charge on any atom is 0.422 e. The van der Waals surface area contributed by atoms with Gasteiger partial charge < -0.3 is 19.7 Å². The Labute approximate surface area is 216 Å². The number of halogens is 3. The number of nitrogens with zero attached hydrogens (tertiary/aromatic N) is 4. The van der Waals surface area contributed by atoms with Crippen molar-refractivity contribution in [3.8, 4) is 5.19 Å². The third-order valence-corrected chi connectivity index (χ3v) is 7.99. The lowest BCUT2D eigenvalue weighted by atomic mass is 10.0. The Bertz CT molecular complexity index is 1210. The number of fused-ring (bicyclic) bond motifs is 2. The molecule has 1 fully saturated rings. The van der Waals surface area contributed by atoms with Gasteiger partial charge in [0.2, 0.25) is 0 Å². The van der Waals surface area contributed by atoms with E-state index < -0.39 is 12.8 Å². The predicted molar refractivity (Wildman–Crippen MR) is 133 cm³/mol. The van der Waals surface area contributed by atoms with Gasteiger partial charge in [-0.25, -0.2) is 4.98 Å². The SMILES string of the molecule is Cn1ncc2ccc(C(=O)N[C@H]3CC[C@H](CCN4CCc5nc(OCC(F)(F)F)sc5CC4)OC3)cc21. The summed E-state index contributed by atoms with van der Waals surface area (Å²) in [5, 5.41) is 8.42. The summed E-state index contributed by atoms with van der Waals surface area (Å²) in [4.78, 5) is 20.4. The Morgan fingerprint density at radius 3 is 2.89 bits per heavy atom. The number of thiazole rings is 1. The molecule has 200 valence electrons. The molecule has 3 aromatic rings. The van der Waals surface area contributed by atoms with Crippen molar-refractivity contribution in [3.63, 3.8) is 0 Å². The first-order valence-corrected chi connectivity index (χ1v) is 13.3. The molecule has 8 nitrogen and oxygen atoms in total. The highest BCUT2D eigenvalue weighted by molar-refractivity contribution is 7.13. The minimum atomic E-state index is -4.36. The van der Waals surface area contributed by atoms with Crippen LogP contribution in [0, 0.1) is 0 Å². The average molecular weight is 538 g/mol.